The molecule has 2 nitrogen and oxygen atoms in total. The second-order valence-corrected chi connectivity index (χ2v) is 6.32. The van der Waals surface area contributed by atoms with Crippen LogP contribution in [-0.4, -0.2) is 5.91 Å². The van der Waals surface area contributed by atoms with Crippen molar-refractivity contribution in [3.8, 4) is 21.6 Å². The first-order valence-electron chi connectivity index (χ1n) is 7.12. The maximum absolute atomic E-state index is 11.7. The summed E-state index contributed by atoms with van der Waals surface area (Å²) in [6, 6.07) is 16.0. The van der Waals surface area contributed by atoms with Crippen molar-refractivity contribution in [3.63, 3.8) is 0 Å². The van der Waals surface area contributed by atoms with Crippen molar-refractivity contribution in [2.75, 3.05) is 0 Å². The number of amides is 1. The molecule has 0 unspecified atom stereocenters. The Balaban J connectivity index is 2.19. The summed E-state index contributed by atoms with van der Waals surface area (Å²) in [4.78, 5) is 12.9. The zero-order valence-corrected chi connectivity index (χ0v) is 13.4. The van der Waals surface area contributed by atoms with E-state index in [-0.39, 0.29) is 0 Å². The standard InChI is InChI=1S/C19H17NOS/c1-12-10-14(17-8-5-9-22-17)11-13(2)18(12)15-6-3-4-7-16(15)19(20)21/h3-11H,1-2H3,(H2,20,21). The van der Waals surface area contributed by atoms with Gasteiger partial charge in [0.25, 0.3) is 0 Å². The lowest BCUT2D eigenvalue weighted by Crippen LogP contribution is -2.12. The zero-order chi connectivity index (χ0) is 15.7. The van der Waals surface area contributed by atoms with Crippen LogP contribution in [0.2, 0.25) is 0 Å². The summed E-state index contributed by atoms with van der Waals surface area (Å²) >= 11 is 1.73. The molecule has 0 saturated carbocycles. The van der Waals surface area contributed by atoms with Crippen molar-refractivity contribution in [3.05, 3.63) is 70.6 Å². The highest BCUT2D eigenvalue weighted by atomic mass is 32.1. The van der Waals surface area contributed by atoms with E-state index in [1.807, 2.05) is 18.2 Å². The molecule has 0 spiro atoms. The molecule has 0 aliphatic heterocycles. The summed E-state index contributed by atoms with van der Waals surface area (Å²) in [5, 5.41) is 2.08. The van der Waals surface area contributed by atoms with E-state index in [0.29, 0.717) is 5.56 Å². The van der Waals surface area contributed by atoms with E-state index in [9.17, 15) is 4.79 Å². The first-order chi connectivity index (χ1) is 10.6. The molecule has 1 amide bonds. The Hall–Kier alpha value is -2.39. The van der Waals surface area contributed by atoms with E-state index in [1.54, 1.807) is 17.4 Å². The first-order valence-corrected chi connectivity index (χ1v) is 8.00. The van der Waals surface area contributed by atoms with Crippen molar-refractivity contribution in [1.82, 2.24) is 0 Å². The van der Waals surface area contributed by atoms with E-state index in [1.165, 1.54) is 10.4 Å². The summed E-state index contributed by atoms with van der Waals surface area (Å²) in [6.45, 7) is 4.16. The van der Waals surface area contributed by atoms with Gasteiger partial charge in [0.1, 0.15) is 0 Å². The van der Waals surface area contributed by atoms with Gasteiger partial charge in [-0.3, -0.25) is 4.79 Å². The summed E-state index contributed by atoms with van der Waals surface area (Å²) in [5.74, 6) is -0.392. The molecular formula is C19H17NOS. The monoisotopic (exact) mass is 307 g/mol. The summed E-state index contributed by atoms with van der Waals surface area (Å²) in [6.07, 6.45) is 0. The Bertz CT molecular complexity index is 811. The van der Waals surface area contributed by atoms with Gasteiger partial charge in [0.15, 0.2) is 0 Å². The van der Waals surface area contributed by atoms with Crippen LogP contribution in [0, 0.1) is 13.8 Å². The van der Waals surface area contributed by atoms with Gasteiger partial charge in [-0.15, -0.1) is 11.3 Å². The van der Waals surface area contributed by atoms with Gasteiger partial charge >= 0.3 is 0 Å². The smallest absolute Gasteiger partial charge is 0.249 e. The summed E-state index contributed by atoms with van der Waals surface area (Å²) < 4.78 is 0. The third-order valence-electron chi connectivity index (χ3n) is 3.80. The normalized spacial score (nSPS) is 10.6. The van der Waals surface area contributed by atoms with E-state index < -0.39 is 5.91 Å². The van der Waals surface area contributed by atoms with E-state index in [4.69, 9.17) is 5.73 Å². The zero-order valence-electron chi connectivity index (χ0n) is 12.6. The van der Waals surface area contributed by atoms with Gasteiger partial charge in [0.2, 0.25) is 5.91 Å². The fourth-order valence-electron chi connectivity index (χ4n) is 2.89. The van der Waals surface area contributed by atoms with Crippen LogP contribution in [0.15, 0.2) is 53.9 Å². The van der Waals surface area contributed by atoms with Crippen LogP contribution in [0.1, 0.15) is 21.5 Å². The Morgan fingerprint density at radius 1 is 1.00 bits per heavy atom. The number of hydrogen-bond donors (Lipinski definition) is 1. The molecule has 22 heavy (non-hydrogen) atoms. The quantitative estimate of drug-likeness (QED) is 0.742. The average molecular weight is 307 g/mol. The molecule has 0 aliphatic carbocycles. The number of aryl methyl sites for hydroxylation is 2. The maximum atomic E-state index is 11.7. The molecule has 2 N–H and O–H groups in total. The number of hydrogen-bond acceptors (Lipinski definition) is 2. The average Bonchev–Trinajstić information content (AvgIpc) is 3.01. The highest BCUT2D eigenvalue weighted by molar-refractivity contribution is 7.13. The van der Waals surface area contributed by atoms with E-state index in [2.05, 4.69) is 43.5 Å². The van der Waals surface area contributed by atoms with Crippen molar-refractivity contribution in [2.24, 2.45) is 5.73 Å². The van der Waals surface area contributed by atoms with Gasteiger partial charge in [-0.25, -0.2) is 0 Å². The van der Waals surface area contributed by atoms with E-state index >= 15 is 0 Å². The lowest BCUT2D eigenvalue weighted by atomic mass is 9.90. The van der Waals surface area contributed by atoms with Gasteiger partial charge in [0.05, 0.1) is 0 Å². The lowest BCUT2D eigenvalue weighted by Gasteiger charge is -2.15. The molecule has 0 saturated heterocycles. The first kappa shape index (κ1) is 14.5. The van der Waals surface area contributed by atoms with Crippen LogP contribution in [0.5, 0.6) is 0 Å². The number of thiophene rings is 1. The topological polar surface area (TPSA) is 43.1 Å². The minimum absolute atomic E-state index is 0.392. The molecule has 110 valence electrons. The molecule has 1 heterocycles. The van der Waals surface area contributed by atoms with Gasteiger partial charge in [-0.2, -0.15) is 0 Å². The van der Waals surface area contributed by atoms with Crippen LogP contribution >= 0.6 is 11.3 Å². The predicted molar refractivity (Wildman–Crippen MR) is 93.2 cm³/mol. The molecule has 2 aromatic carbocycles. The van der Waals surface area contributed by atoms with Crippen molar-refractivity contribution < 1.29 is 4.79 Å². The number of nitrogens with two attached hydrogens (primary N) is 1. The third kappa shape index (κ3) is 2.55. The van der Waals surface area contributed by atoms with Crippen LogP contribution in [0.4, 0.5) is 0 Å². The Labute approximate surface area is 134 Å². The van der Waals surface area contributed by atoms with Crippen molar-refractivity contribution in [1.29, 1.82) is 0 Å². The summed E-state index contributed by atoms with van der Waals surface area (Å²) in [7, 11) is 0. The summed E-state index contributed by atoms with van der Waals surface area (Å²) in [5.41, 5.74) is 11.6. The lowest BCUT2D eigenvalue weighted by molar-refractivity contribution is 0.100. The second-order valence-electron chi connectivity index (χ2n) is 5.37. The van der Waals surface area contributed by atoms with E-state index in [0.717, 1.165) is 22.3 Å². The number of rotatable bonds is 3. The molecular weight excluding hydrogens is 290 g/mol. The molecule has 1 aromatic heterocycles. The minimum atomic E-state index is -0.392. The molecule has 0 aliphatic rings. The number of benzene rings is 2. The minimum Gasteiger partial charge on any atom is -0.366 e. The Morgan fingerprint density at radius 2 is 1.68 bits per heavy atom. The SMILES string of the molecule is Cc1cc(-c2cccs2)cc(C)c1-c1ccccc1C(N)=O. The van der Waals surface area contributed by atoms with Gasteiger partial charge in [-0.05, 0) is 71.3 Å². The van der Waals surface area contributed by atoms with Gasteiger partial charge < -0.3 is 5.73 Å². The van der Waals surface area contributed by atoms with Crippen molar-refractivity contribution in [2.45, 2.75) is 13.8 Å². The molecule has 0 atom stereocenters. The van der Waals surface area contributed by atoms with Crippen molar-refractivity contribution >= 4 is 17.2 Å². The molecule has 3 aromatic rings. The second kappa shape index (κ2) is 5.78. The van der Waals surface area contributed by atoms with Crippen LogP contribution in [0.25, 0.3) is 21.6 Å². The predicted octanol–water partition coefficient (Wildman–Crippen LogP) is 4.80. The van der Waals surface area contributed by atoms with Crippen LogP contribution < -0.4 is 5.73 Å². The number of carbonyl (C=O) groups excluding carboxylic acids is 1. The van der Waals surface area contributed by atoms with Crippen LogP contribution in [-0.2, 0) is 0 Å². The molecule has 0 fully saturated rings. The molecule has 0 radical (unpaired) electrons. The van der Waals surface area contributed by atoms with Gasteiger partial charge in [-0.1, -0.05) is 24.3 Å². The fraction of sp³-hybridized carbons (Fsp3) is 0.105. The number of primary amides is 1. The Morgan fingerprint density at radius 3 is 2.27 bits per heavy atom. The van der Waals surface area contributed by atoms with Crippen LogP contribution in [0.3, 0.4) is 0 Å². The maximum Gasteiger partial charge on any atom is 0.249 e. The highest BCUT2D eigenvalue weighted by Gasteiger charge is 2.14. The fourth-order valence-corrected chi connectivity index (χ4v) is 3.60. The Kier molecular flexibility index (Phi) is 3.82. The third-order valence-corrected chi connectivity index (χ3v) is 4.72. The molecule has 3 rings (SSSR count). The number of carbonyl (C=O) groups is 1. The van der Waals surface area contributed by atoms with Gasteiger partial charge in [0, 0.05) is 10.4 Å². The largest absolute Gasteiger partial charge is 0.366 e. The molecule has 3 heteroatoms. The highest BCUT2D eigenvalue weighted by Crippen LogP contribution is 2.35. The molecule has 0 bridgehead atoms.